The van der Waals surface area contributed by atoms with Crippen molar-refractivity contribution in [1.29, 1.82) is 0 Å². The second-order valence-electron chi connectivity index (χ2n) is 4.23. The molecule has 19 heavy (non-hydrogen) atoms. The average molecular weight is 274 g/mol. The van der Waals surface area contributed by atoms with Crippen LogP contribution in [0, 0.1) is 0 Å². The Bertz CT molecular complexity index is 511. The Morgan fingerprint density at radius 2 is 1.89 bits per heavy atom. The highest BCUT2D eigenvalue weighted by Gasteiger charge is 2.05. The number of pyridine rings is 1. The van der Waals surface area contributed by atoms with E-state index in [1.54, 1.807) is 25.1 Å². The molecule has 0 aliphatic carbocycles. The topological polar surface area (TPSA) is 34.1 Å². The Balaban J connectivity index is 2.04. The normalized spacial score (nSPS) is 11.9. The van der Waals surface area contributed by atoms with Crippen molar-refractivity contribution in [3.63, 3.8) is 0 Å². The average Bonchev–Trinajstić information content (AvgIpc) is 2.48. The Morgan fingerprint density at radius 1 is 1.16 bits per heavy atom. The number of methoxy groups -OCH3 is 1. The highest BCUT2D eigenvalue weighted by atomic mass is 32.2. The highest BCUT2D eigenvalue weighted by Crippen LogP contribution is 2.22. The van der Waals surface area contributed by atoms with Crippen LogP contribution in [0.4, 0.5) is 5.69 Å². The third kappa shape index (κ3) is 3.64. The molecule has 1 aromatic heterocycles. The summed E-state index contributed by atoms with van der Waals surface area (Å²) >= 11 is 1.75. The molecule has 1 atom stereocenters. The fourth-order valence-electron chi connectivity index (χ4n) is 1.81. The van der Waals surface area contributed by atoms with Crippen LogP contribution >= 0.6 is 11.8 Å². The predicted molar refractivity (Wildman–Crippen MR) is 81.0 cm³/mol. The lowest BCUT2D eigenvalue weighted by atomic mass is 10.1. The van der Waals surface area contributed by atoms with Crippen LogP contribution in [0.15, 0.2) is 47.5 Å². The first-order chi connectivity index (χ1) is 9.22. The molecule has 4 heteroatoms. The van der Waals surface area contributed by atoms with Crippen LogP contribution in [-0.4, -0.2) is 18.3 Å². The van der Waals surface area contributed by atoms with Gasteiger partial charge in [0.1, 0.15) is 0 Å². The van der Waals surface area contributed by atoms with E-state index in [9.17, 15) is 0 Å². The SMILES string of the molecule is COc1ccc(NC(C)c2ccc(SC)cc2)cn1. The summed E-state index contributed by atoms with van der Waals surface area (Å²) < 4.78 is 5.04. The van der Waals surface area contributed by atoms with Crippen molar-refractivity contribution in [1.82, 2.24) is 4.98 Å². The van der Waals surface area contributed by atoms with E-state index < -0.39 is 0 Å². The summed E-state index contributed by atoms with van der Waals surface area (Å²) in [7, 11) is 1.62. The molecule has 0 amide bonds. The fraction of sp³-hybridized carbons (Fsp3) is 0.267. The second-order valence-corrected chi connectivity index (χ2v) is 5.11. The molecule has 2 rings (SSSR count). The Hall–Kier alpha value is -1.68. The number of nitrogens with one attached hydrogen (secondary N) is 1. The Kier molecular flexibility index (Phi) is 4.68. The van der Waals surface area contributed by atoms with Gasteiger partial charge in [0.2, 0.25) is 5.88 Å². The first kappa shape index (κ1) is 13.7. The van der Waals surface area contributed by atoms with Gasteiger partial charge in [0.25, 0.3) is 0 Å². The largest absolute Gasteiger partial charge is 0.481 e. The standard InChI is InChI=1S/C15H18N2OS/c1-11(12-4-7-14(19-3)8-5-12)17-13-6-9-15(18-2)16-10-13/h4-11,17H,1-3H3. The van der Waals surface area contributed by atoms with Gasteiger partial charge >= 0.3 is 0 Å². The molecule has 0 saturated heterocycles. The van der Waals surface area contributed by atoms with Gasteiger partial charge in [0, 0.05) is 17.0 Å². The second kappa shape index (κ2) is 6.48. The summed E-state index contributed by atoms with van der Waals surface area (Å²) in [4.78, 5) is 5.46. The number of rotatable bonds is 5. The predicted octanol–water partition coefficient (Wildman–Crippen LogP) is 3.99. The summed E-state index contributed by atoms with van der Waals surface area (Å²) in [5, 5.41) is 3.42. The molecule has 3 nitrogen and oxygen atoms in total. The molecule has 1 N–H and O–H groups in total. The molecule has 0 fully saturated rings. The fourth-order valence-corrected chi connectivity index (χ4v) is 2.22. The van der Waals surface area contributed by atoms with Gasteiger partial charge in [0.15, 0.2) is 0 Å². The van der Waals surface area contributed by atoms with Crippen LogP contribution in [0.1, 0.15) is 18.5 Å². The molecule has 2 aromatic rings. The van der Waals surface area contributed by atoms with Crippen LogP contribution < -0.4 is 10.1 Å². The van der Waals surface area contributed by atoms with Crippen LogP contribution in [0.25, 0.3) is 0 Å². The molecule has 100 valence electrons. The Morgan fingerprint density at radius 3 is 2.42 bits per heavy atom. The van der Waals surface area contributed by atoms with Crippen molar-refractivity contribution in [3.8, 4) is 5.88 Å². The zero-order valence-corrected chi connectivity index (χ0v) is 12.2. The summed E-state index contributed by atoms with van der Waals surface area (Å²) in [6.07, 6.45) is 3.87. The zero-order valence-electron chi connectivity index (χ0n) is 11.4. The monoisotopic (exact) mass is 274 g/mol. The third-order valence-corrected chi connectivity index (χ3v) is 3.69. The molecule has 0 saturated carbocycles. The molecular weight excluding hydrogens is 256 g/mol. The maximum atomic E-state index is 5.04. The number of hydrogen-bond acceptors (Lipinski definition) is 4. The summed E-state index contributed by atoms with van der Waals surface area (Å²) in [5.74, 6) is 0.627. The van der Waals surface area contributed by atoms with Crippen LogP contribution in [0.3, 0.4) is 0 Å². The highest BCUT2D eigenvalue weighted by molar-refractivity contribution is 7.98. The van der Waals surface area contributed by atoms with E-state index in [0.29, 0.717) is 5.88 Å². The molecule has 1 unspecified atom stereocenters. The minimum atomic E-state index is 0.242. The molecule has 1 aromatic carbocycles. The van der Waals surface area contributed by atoms with E-state index >= 15 is 0 Å². The smallest absolute Gasteiger partial charge is 0.213 e. The van der Waals surface area contributed by atoms with E-state index in [0.717, 1.165) is 5.69 Å². The number of benzene rings is 1. The number of aromatic nitrogens is 1. The van der Waals surface area contributed by atoms with Gasteiger partial charge in [-0.2, -0.15) is 0 Å². The molecule has 0 bridgehead atoms. The van der Waals surface area contributed by atoms with Crippen molar-refractivity contribution in [2.75, 3.05) is 18.7 Å². The lowest BCUT2D eigenvalue weighted by Gasteiger charge is -2.16. The van der Waals surface area contributed by atoms with Crippen molar-refractivity contribution >= 4 is 17.4 Å². The molecule has 0 aliphatic rings. The number of nitrogens with zero attached hydrogens (tertiary/aromatic N) is 1. The number of hydrogen-bond donors (Lipinski definition) is 1. The maximum Gasteiger partial charge on any atom is 0.213 e. The summed E-state index contributed by atoms with van der Waals surface area (Å²) in [6, 6.07) is 12.7. The van der Waals surface area contributed by atoms with E-state index in [1.807, 2.05) is 12.1 Å². The molecule has 0 radical (unpaired) electrons. The number of ether oxygens (including phenoxy) is 1. The molecular formula is C15H18N2OS. The third-order valence-electron chi connectivity index (χ3n) is 2.94. The minimum Gasteiger partial charge on any atom is -0.481 e. The van der Waals surface area contributed by atoms with Gasteiger partial charge in [-0.15, -0.1) is 11.8 Å². The van der Waals surface area contributed by atoms with Crippen LogP contribution in [0.2, 0.25) is 0 Å². The van der Waals surface area contributed by atoms with Gasteiger partial charge in [-0.05, 0) is 36.9 Å². The first-order valence-corrected chi connectivity index (χ1v) is 7.36. The van der Waals surface area contributed by atoms with Gasteiger partial charge in [-0.25, -0.2) is 4.98 Å². The molecule has 0 spiro atoms. The summed E-state index contributed by atoms with van der Waals surface area (Å²) in [5.41, 5.74) is 2.25. The van der Waals surface area contributed by atoms with Gasteiger partial charge in [-0.3, -0.25) is 0 Å². The first-order valence-electron chi connectivity index (χ1n) is 6.13. The van der Waals surface area contributed by atoms with Gasteiger partial charge < -0.3 is 10.1 Å². The lowest BCUT2D eigenvalue weighted by molar-refractivity contribution is 0.398. The van der Waals surface area contributed by atoms with Crippen molar-refractivity contribution in [3.05, 3.63) is 48.2 Å². The van der Waals surface area contributed by atoms with E-state index in [-0.39, 0.29) is 6.04 Å². The molecule has 1 heterocycles. The van der Waals surface area contributed by atoms with Gasteiger partial charge in [0.05, 0.1) is 19.0 Å². The zero-order chi connectivity index (χ0) is 13.7. The van der Waals surface area contributed by atoms with E-state index in [2.05, 4.69) is 47.7 Å². The van der Waals surface area contributed by atoms with E-state index in [4.69, 9.17) is 4.74 Å². The van der Waals surface area contributed by atoms with Gasteiger partial charge in [-0.1, -0.05) is 12.1 Å². The summed E-state index contributed by atoms with van der Waals surface area (Å²) in [6.45, 7) is 2.14. The lowest BCUT2D eigenvalue weighted by Crippen LogP contribution is -2.06. The van der Waals surface area contributed by atoms with Crippen LogP contribution in [0.5, 0.6) is 5.88 Å². The molecule has 0 aliphatic heterocycles. The minimum absolute atomic E-state index is 0.242. The van der Waals surface area contributed by atoms with Crippen molar-refractivity contribution < 1.29 is 4.74 Å². The van der Waals surface area contributed by atoms with Crippen molar-refractivity contribution in [2.24, 2.45) is 0 Å². The number of thioether (sulfide) groups is 1. The van der Waals surface area contributed by atoms with E-state index in [1.165, 1.54) is 10.5 Å². The quantitative estimate of drug-likeness (QED) is 0.836. The van der Waals surface area contributed by atoms with Crippen LogP contribution in [-0.2, 0) is 0 Å². The van der Waals surface area contributed by atoms with Crippen molar-refractivity contribution in [2.45, 2.75) is 17.9 Å². The maximum absolute atomic E-state index is 5.04. The number of anilines is 1. The Labute approximate surface area is 118 Å².